The van der Waals surface area contributed by atoms with E-state index in [2.05, 4.69) is 0 Å². The summed E-state index contributed by atoms with van der Waals surface area (Å²) >= 11 is 0. The Morgan fingerprint density at radius 3 is 2.24 bits per heavy atom. The molecule has 3 fully saturated rings. The summed E-state index contributed by atoms with van der Waals surface area (Å²) in [4.78, 5) is 29.1. The van der Waals surface area contributed by atoms with Gasteiger partial charge in [0, 0.05) is 37.7 Å². The van der Waals surface area contributed by atoms with Gasteiger partial charge in [0.05, 0.1) is 18.6 Å². The van der Waals surface area contributed by atoms with Gasteiger partial charge < -0.3 is 14.5 Å². The van der Waals surface area contributed by atoms with Crippen molar-refractivity contribution < 1.29 is 23.1 Å². The van der Waals surface area contributed by atoms with Crippen LogP contribution in [0.25, 0.3) is 0 Å². The fraction of sp³-hybridized carbons (Fsp3) is 0.636. The number of benzene rings is 1. The Morgan fingerprint density at radius 2 is 1.66 bits per heavy atom. The van der Waals surface area contributed by atoms with Crippen LogP contribution in [0, 0.1) is 23.0 Å². The summed E-state index contributed by atoms with van der Waals surface area (Å²) in [5.74, 6) is -1.40. The van der Waals surface area contributed by atoms with E-state index in [0.717, 1.165) is 19.3 Å². The molecule has 0 unspecified atom stereocenters. The minimum absolute atomic E-state index is 0.0120. The number of carbonyl (C=O) groups is 2. The van der Waals surface area contributed by atoms with Gasteiger partial charge in [0.1, 0.15) is 11.6 Å². The maximum Gasteiger partial charge on any atom is 0.227 e. The van der Waals surface area contributed by atoms with Crippen molar-refractivity contribution >= 4 is 11.8 Å². The van der Waals surface area contributed by atoms with Gasteiger partial charge in [-0.2, -0.15) is 0 Å². The van der Waals surface area contributed by atoms with E-state index in [1.54, 1.807) is 4.90 Å². The van der Waals surface area contributed by atoms with Gasteiger partial charge in [-0.15, -0.1) is 0 Å². The summed E-state index contributed by atoms with van der Waals surface area (Å²) in [5.41, 5.74) is -0.185. The molecule has 2 saturated heterocycles. The third kappa shape index (κ3) is 4.02. The Kier molecular flexibility index (Phi) is 5.36. The third-order valence-electron chi connectivity index (χ3n) is 6.72. The molecule has 5 nitrogen and oxygen atoms in total. The molecule has 1 spiro atoms. The lowest BCUT2D eigenvalue weighted by molar-refractivity contribution is -0.145. The lowest BCUT2D eigenvalue weighted by Crippen LogP contribution is -2.49. The van der Waals surface area contributed by atoms with Crippen LogP contribution < -0.4 is 0 Å². The van der Waals surface area contributed by atoms with E-state index in [4.69, 9.17) is 4.74 Å². The first-order chi connectivity index (χ1) is 13.8. The highest BCUT2D eigenvalue weighted by molar-refractivity contribution is 5.83. The molecule has 4 rings (SSSR count). The standard InChI is InChI=1S/C22H28F2N2O3/c1-14-12-26(13-15(2)29-14)21(28)17-11-22(17)6-8-25(9-7-22)20(27)10-16-18(23)4-3-5-19(16)24/h3-5,14-15,17H,6-13H2,1-2H3/t14-,15+,17-/m1/s1. The maximum absolute atomic E-state index is 13.8. The second-order valence-electron chi connectivity index (χ2n) is 8.88. The molecule has 1 aromatic rings. The lowest BCUT2D eigenvalue weighted by atomic mass is 9.90. The van der Waals surface area contributed by atoms with Crippen LogP contribution in [0.15, 0.2) is 18.2 Å². The Balaban J connectivity index is 1.32. The molecule has 29 heavy (non-hydrogen) atoms. The quantitative estimate of drug-likeness (QED) is 0.776. The minimum atomic E-state index is -0.686. The van der Waals surface area contributed by atoms with Crippen LogP contribution in [-0.2, 0) is 20.7 Å². The van der Waals surface area contributed by atoms with E-state index in [0.29, 0.717) is 26.2 Å². The average Bonchev–Trinajstić information content (AvgIpc) is 3.37. The summed E-state index contributed by atoms with van der Waals surface area (Å²) < 4.78 is 33.4. The molecule has 158 valence electrons. The van der Waals surface area contributed by atoms with E-state index in [1.165, 1.54) is 18.2 Å². The Labute approximate surface area is 170 Å². The van der Waals surface area contributed by atoms with Crippen molar-refractivity contribution in [3.8, 4) is 0 Å². The molecular weight excluding hydrogens is 378 g/mol. The fourth-order valence-corrected chi connectivity index (χ4v) is 4.99. The zero-order valence-electron chi connectivity index (χ0n) is 17.0. The maximum atomic E-state index is 13.8. The van der Waals surface area contributed by atoms with Gasteiger partial charge in [-0.3, -0.25) is 9.59 Å². The van der Waals surface area contributed by atoms with Crippen LogP contribution in [0.2, 0.25) is 0 Å². The van der Waals surface area contributed by atoms with Crippen molar-refractivity contribution in [3.05, 3.63) is 35.4 Å². The van der Waals surface area contributed by atoms with Gasteiger partial charge >= 0.3 is 0 Å². The van der Waals surface area contributed by atoms with E-state index >= 15 is 0 Å². The van der Waals surface area contributed by atoms with Gasteiger partial charge in [0.25, 0.3) is 0 Å². The molecule has 0 N–H and O–H groups in total. The number of amides is 2. The molecule has 2 heterocycles. The van der Waals surface area contributed by atoms with Crippen molar-refractivity contribution in [1.29, 1.82) is 0 Å². The van der Waals surface area contributed by atoms with Crippen LogP contribution in [0.5, 0.6) is 0 Å². The van der Waals surface area contributed by atoms with E-state index < -0.39 is 11.6 Å². The largest absolute Gasteiger partial charge is 0.372 e. The summed E-state index contributed by atoms with van der Waals surface area (Å²) in [5, 5.41) is 0. The fourth-order valence-electron chi connectivity index (χ4n) is 4.99. The average molecular weight is 406 g/mol. The zero-order chi connectivity index (χ0) is 20.8. The molecule has 1 aromatic carbocycles. The SMILES string of the molecule is C[C@@H]1CN(C(=O)[C@H]2CC23CCN(C(=O)Cc2c(F)cccc2F)CC3)C[C@H](C)O1. The van der Waals surface area contributed by atoms with Crippen LogP contribution in [0.1, 0.15) is 38.7 Å². The van der Waals surface area contributed by atoms with E-state index in [9.17, 15) is 18.4 Å². The predicted octanol–water partition coefficient (Wildman–Crippen LogP) is 2.77. The highest BCUT2D eigenvalue weighted by Crippen LogP contribution is 2.60. The van der Waals surface area contributed by atoms with Gasteiger partial charge in [-0.05, 0) is 50.7 Å². The molecule has 7 heteroatoms. The van der Waals surface area contributed by atoms with E-state index in [-0.39, 0.29) is 47.3 Å². The molecule has 1 aliphatic carbocycles. The Hall–Kier alpha value is -2.02. The molecule has 0 bridgehead atoms. The molecule has 3 aliphatic rings. The first-order valence-electron chi connectivity index (χ1n) is 10.4. The number of hydrogen-bond donors (Lipinski definition) is 0. The number of piperidine rings is 1. The number of carbonyl (C=O) groups excluding carboxylic acids is 2. The monoisotopic (exact) mass is 406 g/mol. The number of halogens is 2. The molecule has 0 radical (unpaired) electrons. The van der Waals surface area contributed by atoms with Crippen LogP contribution >= 0.6 is 0 Å². The van der Waals surface area contributed by atoms with Crippen molar-refractivity contribution in [2.45, 2.75) is 51.7 Å². The lowest BCUT2D eigenvalue weighted by Gasteiger charge is -2.37. The third-order valence-corrected chi connectivity index (χ3v) is 6.72. The van der Waals surface area contributed by atoms with Gasteiger partial charge in [0.2, 0.25) is 11.8 Å². The Bertz CT molecular complexity index is 777. The topological polar surface area (TPSA) is 49.9 Å². The van der Waals surface area contributed by atoms with Crippen LogP contribution in [0.3, 0.4) is 0 Å². The number of nitrogens with zero attached hydrogens (tertiary/aromatic N) is 2. The number of rotatable bonds is 3. The van der Waals surface area contributed by atoms with Gasteiger partial charge in [-0.25, -0.2) is 8.78 Å². The second-order valence-corrected chi connectivity index (χ2v) is 8.88. The van der Waals surface area contributed by atoms with Gasteiger partial charge in [0.15, 0.2) is 0 Å². The summed E-state index contributed by atoms with van der Waals surface area (Å²) in [6.45, 7) is 6.31. The number of ether oxygens (including phenoxy) is 1. The highest BCUT2D eigenvalue weighted by atomic mass is 19.1. The van der Waals surface area contributed by atoms with Crippen LogP contribution in [-0.4, -0.2) is 60.0 Å². The van der Waals surface area contributed by atoms with Crippen molar-refractivity contribution in [1.82, 2.24) is 9.80 Å². The minimum Gasteiger partial charge on any atom is -0.372 e. The summed E-state index contributed by atoms with van der Waals surface area (Å²) in [6, 6.07) is 3.64. The first kappa shape index (κ1) is 20.3. The Morgan fingerprint density at radius 1 is 1.07 bits per heavy atom. The van der Waals surface area contributed by atoms with E-state index in [1.807, 2.05) is 18.7 Å². The molecule has 3 atom stereocenters. The van der Waals surface area contributed by atoms with Crippen LogP contribution in [0.4, 0.5) is 8.78 Å². The smallest absolute Gasteiger partial charge is 0.227 e. The molecule has 2 aliphatic heterocycles. The number of hydrogen-bond acceptors (Lipinski definition) is 3. The molecular formula is C22H28F2N2O3. The number of likely N-dealkylation sites (tertiary alicyclic amines) is 1. The summed E-state index contributed by atoms with van der Waals surface area (Å²) in [6.07, 6.45) is 2.24. The highest BCUT2D eigenvalue weighted by Gasteiger charge is 2.59. The normalized spacial score (nSPS) is 28.5. The molecule has 1 saturated carbocycles. The van der Waals surface area contributed by atoms with Crippen molar-refractivity contribution in [2.75, 3.05) is 26.2 Å². The predicted molar refractivity (Wildman–Crippen MR) is 103 cm³/mol. The second kappa shape index (κ2) is 7.67. The molecule has 0 aromatic heterocycles. The number of morpholine rings is 1. The molecule has 2 amide bonds. The van der Waals surface area contributed by atoms with Crippen molar-refractivity contribution in [2.24, 2.45) is 11.3 Å². The zero-order valence-corrected chi connectivity index (χ0v) is 17.0. The van der Waals surface area contributed by atoms with Gasteiger partial charge in [-0.1, -0.05) is 6.07 Å². The van der Waals surface area contributed by atoms with Crippen molar-refractivity contribution in [3.63, 3.8) is 0 Å². The summed E-state index contributed by atoms with van der Waals surface area (Å²) in [7, 11) is 0. The first-order valence-corrected chi connectivity index (χ1v) is 10.4.